The number of anilines is 1. The van der Waals surface area contributed by atoms with Gasteiger partial charge < -0.3 is 15.6 Å². The van der Waals surface area contributed by atoms with E-state index in [4.69, 9.17) is 10.5 Å². The highest BCUT2D eigenvalue weighted by atomic mass is 16.5. The topological polar surface area (TPSA) is 118 Å². The summed E-state index contributed by atoms with van der Waals surface area (Å²) in [6.07, 6.45) is 1.77. The van der Waals surface area contributed by atoms with Gasteiger partial charge in [0.05, 0.1) is 5.56 Å². The van der Waals surface area contributed by atoms with Gasteiger partial charge in [0.25, 0.3) is 5.56 Å². The van der Waals surface area contributed by atoms with Crippen LogP contribution in [0.5, 0.6) is 0 Å². The van der Waals surface area contributed by atoms with Crippen LogP contribution in [-0.2, 0) is 14.9 Å². The average Bonchev–Trinajstić information content (AvgIpc) is 2.29. The van der Waals surface area contributed by atoms with Gasteiger partial charge in [0, 0.05) is 19.4 Å². The fraction of sp³-hybridized carbons (Fsp3) is 0.500. The SMILES string of the molecule is Nc1ncc(C2(C(=O)O)CCOCC2)c(=O)[nH]1. The predicted octanol–water partition coefficient (Wildman–Crippen LogP) is -0.515. The molecule has 0 atom stereocenters. The highest BCUT2D eigenvalue weighted by molar-refractivity contribution is 5.81. The Balaban J connectivity index is 2.53. The molecule has 2 heterocycles. The number of hydrogen-bond donors (Lipinski definition) is 3. The van der Waals surface area contributed by atoms with Gasteiger partial charge in [0.15, 0.2) is 5.95 Å². The van der Waals surface area contributed by atoms with Gasteiger partial charge in [0.2, 0.25) is 0 Å². The third-order valence-electron chi connectivity index (χ3n) is 3.09. The molecule has 0 radical (unpaired) electrons. The van der Waals surface area contributed by atoms with Crippen LogP contribution in [-0.4, -0.2) is 34.3 Å². The second-order valence-corrected chi connectivity index (χ2v) is 4.01. The number of aliphatic carboxylic acids is 1. The Morgan fingerprint density at radius 3 is 2.71 bits per heavy atom. The van der Waals surface area contributed by atoms with Crippen LogP contribution in [0.15, 0.2) is 11.0 Å². The molecule has 7 nitrogen and oxygen atoms in total. The number of rotatable bonds is 2. The fourth-order valence-corrected chi connectivity index (χ4v) is 2.07. The number of aromatic nitrogens is 2. The number of carbonyl (C=O) groups is 1. The van der Waals surface area contributed by atoms with Gasteiger partial charge in [0.1, 0.15) is 5.41 Å². The molecule has 2 rings (SSSR count). The van der Waals surface area contributed by atoms with Crippen LogP contribution in [0.25, 0.3) is 0 Å². The maximum Gasteiger partial charge on any atom is 0.314 e. The normalized spacial score (nSPS) is 18.8. The molecule has 7 heteroatoms. The lowest BCUT2D eigenvalue weighted by atomic mass is 9.75. The van der Waals surface area contributed by atoms with Crippen molar-refractivity contribution in [2.24, 2.45) is 0 Å². The van der Waals surface area contributed by atoms with Gasteiger partial charge in [-0.2, -0.15) is 0 Å². The summed E-state index contributed by atoms with van der Waals surface area (Å²) >= 11 is 0. The van der Waals surface area contributed by atoms with Crippen LogP contribution >= 0.6 is 0 Å². The Morgan fingerprint density at radius 2 is 2.18 bits per heavy atom. The monoisotopic (exact) mass is 239 g/mol. The number of ether oxygens (including phenoxy) is 1. The molecule has 0 amide bonds. The van der Waals surface area contributed by atoms with E-state index in [1.54, 1.807) is 0 Å². The Kier molecular flexibility index (Phi) is 2.84. The Hall–Kier alpha value is -1.89. The van der Waals surface area contributed by atoms with E-state index in [2.05, 4.69) is 9.97 Å². The number of nitrogen functional groups attached to an aromatic ring is 1. The van der Waals surface area contributed by atoms with Crippen molar-refractivity contribution in [3.05, 3.63) is 22.1 Å². The molecule has 0 aliphatic carbocycles. The molecular formula is C10H13N3O4. The first-order valence-corrected chi connectivity index (χ1v) is 5.23. The van der Waals surface area contributed by atoms with Gasteiger partial charge in [-0.3, -0.25) is 14.6 Å². The van der Waals surface area contributed by atoms with Gasteiger partial charge in [-0.25, -0.2) is 4.98 Å². The maximum atomic E-state index is 11.8. The van der Waals surface area contributed by atoms with Gasteiger partial charge >= 0.3 is 5.97 Å². The molecule has 1 saturated heterocycles. The molecule has 4 N–H and O–H groups in total. The van der Waals surface area contributed by atoms with E-state index in [9.17, 15) is 14.7 Å². The molecule has 0 unspecified atom stereocenters. The van der Waals surface area contributed by atoms with Gasteiger partial charge in [-0.1, -0.05) is 0 Å². The summed E-state index contributed by atoms with van der Waals surface area (Å²) in [6, 6.07) is 0. The molecule has 1 aliphatic rings. The molecule has 1 fully saturated rings. The van der Waals surface area contributed by atoms with E-state index < -0.39 is 16.9 Å². The number of nitrogens with zero attached hydrogens (tertiary/aromatic N) is 1. The second-order valence-electron chi connectivity index (χ2n) is 4.01. The summed E-state index contributed by atoms with van der Waals surface area (Å²) in [6.45, 7) is 0.631. The molecule has 17 heavy (non-hydrogen) atoms. The molecular weight excluding hydrogens is 226 g/mol. The van der Waals surface area contributed by atoms with E-state index in [0.717, 1.165) is 0 Å². The number of nitrogens with two attached hydrogens (primary N) is 1. The fourth-order valence-electron chi connectivity index (χ4n) is 2.07. The van der Waals surface area contributed by atoms with Crippen molar-refractivity contribution in [3.8, 4) is 0 Å². The zero-order valence-electron chi connectivity index (χ0n) is 9.10. The molecule has 0 spiro atoms. The van der Waals surface area contributed by atoms with Crippen LogP contribution in [0.4, 0.5) is 5.95 Å². The van der Waals surface area contributed by atoms with Crippen LogP contribution in [0, 0.1) is 0 Å². The lowest BCUT2D eigenvalue weighted by Gasteiger charge is -2.32. The predicted molar refractivity (Wildman–Crippen MR) is 58.6 cm³/mol. The molecule has 0 saturated carbocycles. The molecule has 1 aromatic heterocycles. The molecule has 0 bridgehead atoms. The maximum absolute atomic E-state index is 11.8. The number of carboxylic acids is 1. The van der Waals surface area contributed by atoms with E-state index in [0.29, 0.717) is 13.2 Å². The highest BCUT2D eigenvalue weighted by Crippen LogP contribution is 2.32. The summed E-state index contributed by atoms with van der Waals surface area (Å²) in [5.74, 6) is -1.05. The Morgan fingerprint density at radius 1 is 1.53 bits per heavy atom. The quantitative estimate of drug-likeness (QED) is 0.639. The largest absolute Gasteiger partial charge is 0.481 e. The van der Waals surface area contributed by atoms with Crippen molar-refractivity contribution in [2.75, 3.05) is 18.9 Å². The third kappa shape index (κ3) is 1.89. The van der Waals surface area contributed by atoms with Crippen molar-refractivity contribution in [3.63, 3.8) is 0 Å². The Labute approximate surface area is 96.6 Å². The van der Waals surface area contributed by atoms with E-state index in [-0.39, 0.29) is 24.4 Å². The summed E-state index contributed by atoms with van der Waals surface area (Å²) in [7, 11) is 0. The minimum absolute atomic E-state index is 0.0219. The number of aromatic amines is 1. The summed E-state index contributed by atoms with van der Waals surface area (Å²) in [5, 5.41) is 9.37. The zero-order valence-corrected chi connectivity index (χ0v) is 9.10. The number of carboxylic acid groups (broad SMARTS) is 1. The van der Waals surface area contributed by atoms with E-state index in [1.807, 2.05) is 0 Å². The van der Waals surface area contributed by atoms with Crippen molar-refractivity contribution in [2.45, 2.75) is 18.3 Å². The van der Waals surface area contributed by atoms with Crippen LogP contribution in [0.3, 0.4) is 0 Å². The Bertz CT molecular complexity index is 491. The summed E-state index contributed by atoms with van der Waals surface area (Å²) in [4.78, 5) is 29.3. The van der Waals surface area contributed by atoms with Gasteiger partial charge in [-0.15, -0.1) is 0 Å². The van der Waals surface area contributed by atoms with Crippen molar-refractivity contribution in [1.82, 2.24) is 9.97 Å². The number of hydrogen-bond acceptors (Lipinski definition) is 5. The van der Waals surface area contributed by atoms with Gasteiger partial charge in [-0.05, 0) is 12.8 Å². The van der Waals surface area contributed by atoms with Crippen LogP contribution in [0.1, 0.15) is 18.4 Å². The third-order valence-corrected chi connectivity index (χ3v) is 3.09. The van der Waals surface area contributed by atoms with Crippen molar-refractivity contribution >= 4 is 11.9 Å². The first-order chi connectivity index (χ1) is 8.06. The number of H-pyrrole nitrogens is 1. The first-order valence-electron chi connectivity index (χ1n) is 5.23. The minimum atomic E-state index is -1.22. The molecule has 1 aliphatic heterocycles. The standard InChI is InChI=1S/C10H13N3O4/c11-9-12-5-6(7(14)13-9)10(8(15)16)1-3-17-4-2-10/h5H,1-4H2,(H,15,16)(H3,11,12,13,14). The lowest BCUT2D eigenvalue weighted by Crippen LogP contribution is -2.45. The summed E-state index contributed by atoms with van der Waals surface area (Å²) < 4.78 is 5.14. The van der Waals surface area contributed by atoms with Crippen molar-refractivity contribution in [1.29, 1.82) is 0 Å². The molecule has 0 aromatic carbocycles. The van der Waals surface area contributed by atoms with Crippen molar-refractivity contribution < 1.29 is 14.6 Å². The van der Waals surface area contributed by atoms with Crippen LogP contribution < -0.4 is 11.3 Å². The molecule has 92 valence electrons. The van der Waals surface area contributed by atoms with E-state index >= 15 is 0 Å². The minimum Gasteiger partial charge on any atom is -0.481 e. The van der Waals surface area contributed by atoms with E-state index in [1.165, 1.54) is 6.20 Å². The lowest BCUT2D eigenvalue weighted by molar-refractivity contribution is -0.147. The smallest absolute Gasteiger partial charge is 0.314 e. The zero-order chi connectivity index (χ0) is 12.5. The highest BCUT2D eigenvalue weighted by Gasteiger charge is 2.44. The number of nitrogens with one attached hydrogen (secondary N) is 1. The molecule has 1 aromatic rings. The first kappa shape index (κ1) is 11.6. The second kappa shape index (κ2) is 4.17. The van der Waals surface area contributed by atoms with Crippen LogP contribution in [0.2, 0.25) is 0 Å². The average molecular weight is 239 g/mol. The summed E-state index contributed by atoms with van der Waals surface area (Å²) in [5.41, 5.74) is 3.76.